The molecule has 1 saturated carbocycles. The van der Waals surface area contributed by atoms with Crippen molar-refractivity contribution in [3.8, 4) is 11.1 Å². The smallest absolute Gasteiger partial charge is 0.282 e. The Labute approximate surface area is 332 Å². The Morgan fingerprint density at radius 2 is 1.66 bits per heavy atom. The standard InChI is InChI=1S/C41H36F5N9O2S/c42-24-13-21(14-25(43)18-24)15-32(49-34(56)20-55-37-27(36(52-55)38(45)46)3-1-23-16-29(23)37)35-28(22-2-4-31(44)30(17-22)39(47)57)19-33-40(50-35)51-41(58-33)54-11-9-53(10-12-54)26-5-7-48-8-6-26/h2,4-8,13-14,17-19,23,29,32,38H,1,3,9-12,15-16,20H2,(H2,47,57)(H,49,56)/t23?,29?,32-/m0/s1. The van der Waals surface area contributed by atoms with Crippen LogP contribution in [-0.2, 0) is 24.2 Å². The van der Waals surface area contributed by atoms with Crippen LogP contribution in [0.5, 0.6) is 0 Å². The highest BCUT2D eigenvalue weighted by atomic mass is 32.1. The number of halogens is 5. The molecule has 3 N–H and O–H groups in total. The molecule has 1 saturated heterocycles. The van der Waals surface area contributed by atoms with Crippen LogP contribution < -0.4 is 20.9 Å². The van der Waals surface area contributed by atoms with Gasteiger partial charge >= 0.3 is 0 Å². The van der Waals surface area contributed by atoms with Gasteiger partial charge < -0.3 is 20.9 Å². The number of alkyl halides is 2. The van der Waals surface area contributed by atoms with Gasteiger partial charge in [-0.15, -0.1) is 0 Å². The van der Waals surface area contributed by atoms with Crippen LogP contribution in [0.25, 0.3) is 21.5 Å². The zero-order valence-corrected chi connectivity index (χ0v) is 31.7. The summed E-state index contributed by atoms with van der Waals surface area (Å²) in [7, 11) is 0. The fraction of sp³-hybridized carbons (Fsp3) is 0.317. The SMILES string of the molecule is NC(=O)c1cc(-c2cc3sc(N4CCN(c5ccncc5)CC4)nc3nc2[C@H](Cc2cc(F)cc(F)c2)NC(=O)Cn2nc(C(F)F)c3c2C2CC2CC3)ccc1F. The predicted molar refractivity (Wildman–Crippen MR) is 207 cm³/mol. The summed E-state index contributed by atoms with van der Waals surface area (Å²) in [5, 5.41) is 7.85. The van der Waals surface area contributed by atoms with Crippen molar-refractivity contribution in [3.63, 3.8) is 0 Å². The first-order valence-electron chi connectivity index (χ1n) is 18.9. The Bertz CT molecular complexity index is 2540. The molecule has 3 aliphatic rings. The fourth-order valence-corrected chi connectivity index (χ4v) is 9.38. The molecule has 17 heteroatoms. The van der Waals surface area contributed by atoms with Crippen LogP contribution in [0.2, 0.25) is 0 Å². The molecule has 11 nitrogen and oxygen atoms in total. The van der Waals surface area contributed by atoms with E-state index < -0.39 is 48.3 Å². The van der Waals surface area contributed by atoms with E-state index in [-0.39, 0.29) is 34.9 Å². The summed E-state index contributed by atoms with van der Waals surface area (Å²) in [5.74, 6) is -3.68. The number of hydrogen-bond donors (Lipinski definition) is 2. The Kier molecular flexibility index (Phi) is 9.78. The Hall–Kier alpha value is -5.97. The number of thiazole rings is 1. The molecule has 9 rings (SSSR count). The number of primary amides is 1. The van der Waals surface area contributed by atoms with E-state index in [4.69, 9.17) is 15.7 Å². The van der Waals surface area contributed by atoms with Crippen molar-refractivity contribution in [1.82, 2.24) is 30.0 Å². The van der Waals surface area contributed by atoms with Gasteiger partial charge in [-0.05, 0) is 85.2 Å². The van der Waals surface area contributed by atoms with Gasteiger partial charge in [0.2, 0.25) is 5.91 Å². The molecule has 2 aromatic carbocycles. The molecule has 6 aromatic rings. The van der Waals surface area contributed by atoms with E-state index in [1.54, 1.807) is 18.5 Å². The first-order chi connectivity index (χ1) is 28.0. The van der Waals surface area contributed by atoms with Crippen molar-refractivity contribution in [1.29, 1.82) is 0 Å². The Morgan fingerprint density at radius 3 is 2.38 bits per heavy atom. The van der Waals surface area contributed by atoms with Crippen LogP contribution in [0.3, 0.4) is 0 Å². The molecule has 3 atom stereocenters. The molecule has 0 spiro atoms. The molecule has 2 aliphatic carbocycles. The number of fused-ring (bicyclic) bond motifs is 4. The van der Waals surface area contributed by atoms with Crippen molar-refractivity contribution < 1.29 is 31.5 Å². The lowest BCUT2D eigenvalue weighted by atomic mass is 9.94. The minimum Gasteiger partial charge on any atom is -0.368 e. The van der Waals surface area contributed by atoms with Crippen molar-refractivity contribution in [2.75, 3.05) is 36.0 Å². The van der Waals surface area contributed by atoms with Gasteiger partial charge in [-0.2, -0.15) is 10.1 Å². The summed E-state index contributed by atoms with van der Waals surface area (Å²) in [6.07, 6.45) is 2.62. The van der Waals surface area contributed by atoms with Gasteiger partial charge in [-0.3, -0.25) is 19.3 Å². The maximum Gasteiger partial charge on any atom is 0.282 e. The maximum absolute atomic E-state index is 14.8. The highest BCUT2D eigenvalue weighted by Gasteiger charge is 2.47. The molecule has 0 radical (unpaired) electrons. The van der Waals surface area contributed by atoms with Crippen LogP contribution in [0, 0.1) is 23.4 Å². The topological polar surface area (TPSA) is 135 Å². The normalized spacial score (nSPS) is 18.0. The second-order valence-corrected chi connectivity index (χ2v) is 15.9. The van der Waals surface area contributed by atoms with Crippen LogP contribution in [0.4, 0.5) is 32.8 Å². The first kappa shape index (κ1) is 37.6. The van der Waals surface area contributed by atoms with Crippen LogP contribution in [0.15, 0.2) is 67.0 Å². The highest BCUT2D eigenvalue weighted by Crippen LogP contribution is 2.55. The average Bonchev–Trinajstić information content (AvgIpc) is 3.73. The minimum absolute atomic E-state index is 0.0497. The second kappa shape index (κ2) is 15.1. The molecule has 2 unspecified atom stereocenters. The van der Waals surface area contributed by atoms with E-state index in [0.717, 1.165) is 55.9 Å². The first-order valence-corrected chi connectivity index (χ1v) is 19.7. The molecule has 1 aliphatic heterocycles. The van der Waals surface area contributed by atoms with Gasteiger partial charge in [0.05, 0.1) is 22.0 Å². The lowest BCUT2D eigenvalue weighted by molar-refractivity contribution is -0.122. The molecule has 298 valence electrons. The van der Waals surface area contributed by atoms with Gasteiger partial charge in [-0.1, -0.05) is 17.4 Å². The van der Waals surface area contributed by atoms with Gasteiger partial charge in [0.15, 0.2) is 10.8 Å². The van der Waals surface area contributed by atoms with E-state index in [2.05, 4.69) is 25.2 Å². The number of benzene rings is 2. The number of piperazine rings is 1. The van der Waals surface area contributed by atoms with Crippen molar-refractivity contribution in [3.05, 3.63) is 118 Å². The van der Waals surface area contributed by atoms with Crippen LogP contribution in [0.1, 0.15) is 69.8 Å². The monoisotopic (exact) mass is 813 g/mol. The number of nitrogens with one attached hydrogen (secondary N) is 1. The summed E-state index contributed by atoms with van der Waals surface area (Å²) in [6, 6.07) is 11.5. The summed E-state index contributed by atoms with van der Waals surface area (Å²) in [5.41, 5.74) is 8.50. The average molecular weight is 814 g/mol. The highest BCUT2D eigenvalue weighted by molar-refractivity contribution is 7.22. The largest absolute Gasteiger partial charge is 0.368 e. The van der Waals surface area contributed by atoms with Gasteiger partial charge in [0.25, 0.3) is 12.3 Å². The molecule has 4 aromatic heterocycles. The zero-order valence-electron chi connectivity index (χ0n) is 30.8. The van der Waals surface area contributed by atoms with E-state index in [0.29, 0.717) is 63.3 Å². The summed E-state index contributed by atoms with van der Waals surface area (Å²) >= 11 is 1.39. The number of nitrogens with two attached hydrogens (primary N) is 1. The summed E-state index contributed by atoms with van der Waals surface area (Å²) in [6.45, 7) is 2.40. The molecule has 5 heterocycles. The Balaban J connectivity index is 1.11. The number of amides is 2. The quantitative estimate of drug-likeness (QED) is 0.135. The van der Waals surface area contributed by atoms with Gasteiger partial charge in [0, 0.05) is 73.1 Å². The number of aromatic nitrogens is 5. The van der Waals surface area contributed by atoms with E-state index in [1.165, 1.54) is 28.2 Å². The molecule has 0 bridgehead atoms. The molecule has 2 amide bonds. The second-order valence-electron chi connectivity index (χ2n) is 14.9. The Morgan fingerprint density at radius 1 is 0.914 bits per heavy atom. The third kappa shape index (κ3) is 7.34. The number of rotatable bonds is 11. The summed E-state index contributed by atoms with van der Waals surface area (Å²) in [4.78, 5) is 44.7. The van der Waals surface area contributed by atoms with Gasteiger partial charge in [0.1, 0.15) is 29.7 Å². The van der Waals surface area contributed by atoms with Gasteiger partial charge in [-0.25, -0.2) is 26.9 Å². The van der Waals surface area contributed by atoms with Crippen molar-refractivity contribution in [2.24, 2.45) is 11.7 Å². The predicted octanol–water partition coefficient (Wildman–Crippen LogP) is 6.88. The van der Waals surface area contributed by atoms with Crippen LogP contribution >= 0.6 is 11.3 Å². The van der Waals surface area contributed by atoms with Crippen molar-refractivity contribution >= 4 is 44.3 Å². The zero-order chi connectivity index (χ0) is 40.2. The number of hydrogen-bond acceptors (Lipinski definition) is 9. The fourth-order valence-electron chi connectivity index (χ4n) is 8.38. The van der Waals surface area contributed by atoms with Crippen molar-refractivity contribution in [2.45, 2.75) is 50.6 Å². The third-order valence-corrected chi connectivity index (χ3v) is 12.3. The number of carbonyl (C=O) groups is 2. The number of carbonyl (C=O) groups excluding carboxylic acids is 2. The number of anilines is 2. The lowest BCUT2D eigenvalue weighted by Gasteiger charge is -2.35. The van der Waals surface area contributed by atoms with E-state index in [9.17, 15) is 31.5 Å². The number of pyridine rings is 2. The lowest BCUT2D eigenvalue weighted by Crippen LogP contribution is -2.46. The minimum atomic E-state index is -2.81. The molecule has 2 fully saturated rings. The molecular formula is C41H36F5N9O2S. The molecule has 58 heavy (non-hydrogen) atoms. The number of nitrogens with zero attached hydrogens (tertiary/aromatic N) is 7. The third-order valence-electron chi connectivity index (χ3n) is 11.2. The van der Waals surface area contributed by atoms with E-state index in [1.807, 2.05) is 12.1 Å². The maximum atomic E-state index is 14.8. The van der Waals surface area contributed by atoms with E-state index >= 15 is 0 Å². The van der Waals surface area contributed by atoms with Crippen LogP contribution in [-0.4, -0.2) is 62.7 Å². The molecular weight excluding hydrogens is 778 g/mol. The summed E-state index contributed by atoms with van der Waals surface area (Å²) < 4.78 is 74.3.